The van der Waals surface area contributed by atoms with Gasteiger partial charge in [0, 0.05) is 107 Å². The van der Waals surface area contributed by atoms with Gasteiger partial charge in [0.05, 0.1) is 6.54 Å². The summed E-state index contributed by atoms with van der Waals surface area (Å²) in [6.45, 7) is 30.0. The van der Waals surface area contributed by atoms with Crippen LogP contribution in [0.25, 0.3) is 43.6 Å². The van der Waals surface area contributed by atoms with Crippen molar-refractivity contribution in [1.82, 2.24) is 105 Å². The number of amides is 17. The van der Waals surface area contributed by atoms with Crippen LogP contribution in [-0.4, -0.2) is 219 Å². The van der Waals surface area contributed by atoms with Gasteiger partial charge in [-0.1, -0.05) is 184 Å². The van der Waals surface area contributed by atoms with Gasteiger partial charge in [-0.3, -0.25) is 81.5 Å². The molecule has 0 radical (unpaired) electrons. The molecule has 0 spiro atoms. The number of nitrogens with two attached hydrogens (primary N) is 1. The fourth-order valence-electron chi connectivity index (χ4n) is 16.4. The summed E-state index contributed by atoms with van der Waals surface area (Å²) in [5.41, 5.74) is 10.8. The van der Waals surface area contributed by atoms with E-state index < -0.39 is 203 Å². The first-order valence-electron chi connectivity index (χ1n) is 47.5. The average molecular weight is 1910 g/mol. The summed E-state index contributed by atoms with van der Waals surface area (Å²) in [6, 6.07) is 10.9. The summed E-state index contributed by atoms with van der Waals surface area (Å²) in [4.78, 5) is 254. The number of para-hydroxylation sites is 4. The average Bonchev–Trinajstić information content (AvgIpc) is 1.68. The zero-order valence-electron chi connectivity index (χ0n) is 82.1. The van der Waals surface area contributed by atoms with Gasteiger partial charge in [-0.15, -0.1) is 0 Å². The van der Waals surface area contributed by atoms with Gasteiger partial charge < -0.3 is 111 Å². The number of rotatable bonds is 54. The molecule has 0 aliphatic carbocycles. The predicted octanol–water partition coefficient (Wildman–Crippen LogP) is 4.26. The number of nitrogens with one attached hydrogen (secondary N) is 20. The summed E-state index contributed by atoms with van der Waals surface area (Å²) >= 11 is 0. The molecule has 0 aliphatic rings. The van der Waals surface area contributed by atoms with E-state index >= 15 is 28.8 Å². The first kappa shape index (κ1) is 109. The minimum Gasteiger partial charge on any atom is -0.370 e. The van der Waals surface area contributed by atoms with Crippen LogP contribution in [0.15, 0.2) is 122 Å². The summed E-state index contributed by atoms with van der Waals surface area (Å²) in [5.74, 6) is -15.4. The van der Waals surface area contributed by atoms with Crippen molar-refractivity contribution in [1.29, 1.82) is 0 Å². The number of hydrogen-bond donors (Lipinski definition) is 21. The van der Waals surface area contributed by atoms with Crippen LogP contribution in [0.2, 0.25) is 0 Å². The monoisotopic (exact) mass is 1910 g/mol. The Labute approximate surface area is 804 Å². The highest BCUT2D eigenvalue weighted by atomic mass is 16.2. The second-order valence-corrected chi connectivity index (χ2v) is 38.7. The molecule has 8 rings (SSSR count). The van der Waals surface area contributed by atoms with Crippen LogP contribution < -0.4 is 90.8 Å². The number of aromatic amines is 4. The molecule has 4 heterocycles. The topological polar surface area (TPSA) is 572 Å². The number of benzene rings is 4. The van der Waals surface area contributed by atoms with Gasteiger partial charge in [0.15, 0.2) is 0 Å². The van der Waals surface area contributed by atoms with E-state index in [2.05, 4.69) is 105 Å². The zero-order valence-corrected chi connectivity index (χ0v) is 82.1. The van der Waals surface area contributed by atoms with Crippen LogP contribution in [0.4, 0.5) is 0 Å². The maximum absolute atomic E-state index is 15.6. The van der Waals surface area contributed by atoms with E-state index in [0.717, 1.165) is 21.8 Å². The Morgan fingerprint density at radius 3 is 0.841 bits per heavy atom. The number of aromatic nitrogens is 4. The molecule has 38 heteroatoms. The molecular formula is C100H141N21O17. The normalized spacial score (nSPS) is 14.7. The van der Waals surface area contributed by atoms with Gasteiger partial charge in [-0.2, -0.15) is 0 Å². The van der Waals surface area contributed by atoms with Gasteiger partial charge in [0.1, 0.15) is 84.6 Å². The third kappa shape index (κ3) is 32.1. The molecule has 17 amide bonds. The molecule has 8 aromatic rings. The summed E-state index contributed by atoms with van der Waals surface area (Å²) in [6.07, 6.45) is 6.70. The molecule has 0 saturated heterocycles. The van der Waals surface area contributed by atoms with Gasteiger partial charge in [0.2, 0.25) is 101 Å². The number of hydrogen-bond acceptors (Lipinski definition) is 17. The lowest BCUT2D eigenvalue weighted by Crippen LogP contribution is -2.62. The third-order valence-corrected chi connectivity index (χ3v) is 23.8. The number of primary amides is 1. The first-order valence-corrected chi connectivity index (χ1v) is 47.5. The lowest BCUT2D eigenvalue weighted by Gasteiger charge is -2.31. The largest absolute Gasteiger partial charge is 0.370 e. The number of H-pyrrole nitrogens is 4. The van der Waals surface area contributed by atoms with E-state index in [1.165, 1.54) is 13.8 Å². The Kier molecular flexibility index (Phi) is 41.1. The Balaban J connectivity index is 1.01. The van der Waals surface area contributed by atoms with Gasteiger partial charge in [0.25, 0.3) is 0 Å². The molecule has 748 valence electrons. The van der Waals surface area contributed by atoms with Gasteiger partial charge in [-0.05, 0) is 133 Å². The van der Waals surface area contributed by atoms with E-state index in [0.29, 0.717) is 50.5 Å². The predicted molar refractivity (Wildman–Crippen MR) is 524 cm³/mol. The van der Waals surface area contributed by atoms with Crippen LogP contribution in [0.5, 0.6) is 0 Å². The number of carbonyl (C=O) groups excluding carboxylic acids is 17. The lowest BCUT2D eigenvalue weighted by molar-refractivity contribution is -0.137. The maximum atomic E-state index is 15.6. The molecule has 38 nitrogen and oxygen atoms in total. The quantitative estimate of drug-likeness (QED) is 0.0237. The van der Waals surface area contributed by atoms with Crippen molar-refractivity contribution < 1.29 is 81.5 Å². The molecule has 0 bridgehead atoms. The van der Waals surface area contributed by atoms with Crippen LogP contribution in [-0.2, 0) is 107 Å². The van der Waals surface area contributed by atoms with E-state index in [1.54, 1.807) is 100 Å². The van der Waals surface area contributed by atoms with Crippen LogP contribution >= 0.6 is 0 Å². The zero-order chi connectivity index (χ0) is 102. The van der Waals surface area contributed by atoms with Crippen molar-refractivity contribution in [3.05, 3.63) is 144 Å². The summed E-state index contributed by atoms with van der Waals surface area (Å²) in [7, 11) is 0. The van der Waals surface area contributed by atoms with Crippen molar-refractivity contribution >= 4 is 145 Å². The maximum Gasteiger partial charge on any atom is 0.243 e. The fraction of sp³-hybridized carbons (Fsp3) is 0.510. The molecule has 0 unspecified atom stereocenters. The van der Waals surface area contributed by atoms with Crippen molar-refractivity contribution in [2.75, 3.05) is 13.1 Å². The van der Waals surface area contributed by atoms with Crippen LogP contribution in [0.1, 0.15) is 179 Å². The molecule has 22 N–H and O–H groups in total. The molecule has 14 atom stereocenters. The van der Waals surface area contributed by atoms with E-state index in [1.807, 2.05) is 133 Å². The molecule has 0 aliphatic heterocycles. The standard InChI is InChI=1S/C100H141N21O17/c1-51(2)37-73(111-87(125)59(17)109-82(124)49-107-97(135)83(55(9)10)108-50-122)90(128)110-60(18)88(126)119-85(57(13)14)99(137)121-86(58(15)16)100(138)120-84(56(11)12)98(136)118-80(44-64-48-106-72-34-26-22-30-68(64)72)96(134)114-76(40-54(7)8)93(131)117-79(43-63-47-105-71-33-25-21-29-67(63)71)95(133)113-75(39-53(5)6)92(130)116-78(42-62-46-104-70-32-24-20-28-66(62)70)94(132)112-74(38-52(3)4)91(129)115-77(89(127)102-36-35-81(101)123)41-61-45-103-69-31-23-19-27-65(61)69/h19-34,45-48,50-60,73-80,83-86,103-106H,35-44,49H2,1-18H3,(H2,101,123)(H,102,127)(H,107,135)(H,108,122)(H,109,124)(H,110,128)(H,111,125)(H,112,132)(H,113,133)(H,114,134)(H,115,129)(H,116,130)(H,117,131)(H,118,136)(H,119,126)(H,120,138)(H,121,137)/t59-,60-,73+,74+,75+,76+,77-,78-,79-,80-,83-,84+,85+,86-/m0/s1. The van der Waals surface area contributed by atoms with E-state index in [4.69, 9.17) is 5.73 Å². The minimum atomic E-state index is -1.49. The summed E-state index contributed by atoms with van der Waals surface area (Å²) in [5, 5.41) is 46.8. The molecule has 4 aromatic carbocycles. The van der Waals surface area contributed by atoms with Gasteiger partial charge in [-0.25, -0.2) is 0 Å². The highest BCUT2D eigenvalue weighted by Gasteiger charge is 2.41. The highest BCUT2D eigenvalue weighted by molar-refractivity contribution is 6.02. The van der Waals surface area contributed by atoms with Gasteiger partial charge >= 0.3 is 0 Å². The summed E-state index contributed by atoms with van der Waals surface area (Å²) < 4.78 is 0. The molecule has 138 heavy (non-hydrogen) atoms. The highest BCUT2D eigenvalue weighted by Crippen LogP contribution is 2.26. The smallest absolute Gasteiger partial charge is 0.243 e. The lowest BCUT2D eigenvalue weighted by atomic mass is 9.97. The molecular weight excluding hydrogens is 1770 g/mol. The van der Waals surface area contributed by atoms with Crippen molar-refractivity contribution in [2.24, 2.45) is 53.1 Å². The Hall–Kier alpha value is -14.0. The first-order chi connectivity index (χ1) is 65.3. The van der Waals surface area contributed by atoms with Crippen molar-refractivity contribution in [3.63, 3.8) is 0 Å². The second-order valence-electron chi connectivity index (χ2n) is 38.7. The van der Waals surface area contributed by atoms with E-state index in [-0.39, 0.29) is 93.9 Å². The van der Waals surface area contributed by atoms with Crippen molar-refractivity contribution in [2.45, 2.75) is 267 Å². The van der Waals surface area contributed by atoms with Crippen LogP contribution in [0, 0.1) is 47.3 Å². The van der Waals surface area contributed by atoms with Crippen molar-refractivity contribution in [3.8, 4) is 0 Å². The SMILES string of the molecule is CC(C)C[C@@H](NC(=O)[C@H](C)NC(=O)CNC(=O)[C@@H](NC=O)C(C)C)C(=O)N[C@@H](C)C(=O)N[C@@H](C(=O)N[C@H](C(=O)N[C@@H](C(=O)N[C@@H](Cc1c[nH]c2ccccc12)C(=O)N[C@H](CC(C)C)C(=O)N[C@@H](Cc1c[nH]c2ccccc12)C(=O)N[C@H](CC(C)C)C(=O)N[C@@H](Cc1c[nH]c2ccccc12)C(=O)N[C@H](CC(C)C)C(=O)N[C@@H](Cc1c[nH]c2ccccc12)C(=O)NCCC(N)=O)C(C)C)C(C)C)C(C)C. The molecule has 0 saturated carbocycles. The Morgan fingerprint density at radius 2 is 0.536 bits per heavy atom. The van der Waals surface area contributed by atoms with Crippen LogP contribution in [0.3, 0.4) is 0 Å². The Morgan fingerprint density at radius 1 is 0.283 bits per heavy atom. The van der Waals surface area contributed by atoms with E-state index in [9.17, 15) is 52.7 Å². The minimum absolute atomic E-state index is 0.0000220. The molecule has 4 aromatic heterocycles. The molecule has 0 fully saturated rings. The third-order valence-electron chi connectivity index (χ3n) is 23.8. The number of carbonyl (C=O) groups is 17. The fourth-order valence-corrected chi connectivity index (χ4v) is 16.4. The Bertz CT molecular complexity index is 5590. The second kappa shape index (κ2) is 51.8. The number of fused-ring (bicyclic) bond motifs is 4.